The Morgan fingerprint density at radius 2 is 2.19 bits per heavy atom. The minimum absolute atomic E-state index is 0.00996. The van der Waals surface area contributed by atoms with Crippen LogP contribution in [0.4, 0.5) is 8.78 Å². The average molecular weight is 464 g/mol. The number of imidazole rings is 1. The third-order valence-corrected chi connectivity index (χ3v) is 7.58. The molecular weight excluding hydrogens is 444 g/mol. The number of carbonyl (C=O) groups is 1. The summed E-state index contributed by atoms with van der Waals surface area (Å²) in [5.41, 5.74) is -1.17. The molecule has 0 fully saturated rings. The first-order valence-corrected chi connectivity index (χ1v) is 11.2. The third kappa shape index (κ3) is 4.25. The second-order valence-electron chi connectivity index (χ2n) is 7.14. The van der Waals surface area contributed by atoms with Crippen molar-refractivity contribution in [1.29, 1.82) is 0 Å². The van der Waals surface area contributed by atoms with Crippen LogP contribution in [0.5, 0.6) is 0 Å². The Morgan fingerprint density at radius 3 is 2.87 bits per heavy atom. The van der Waals surface area contributed by atoms with Crippen LogP contribution in [0.25, 0.3) is 4.96 Å². The summed E-state index contributed by atoms with van der Waals surface area (Å²) < 4.78 is 31.2. The van der Waals surface area contributed by atoms with Crippen LogP contribution < -0.4 is 0 Å². The van der Waals surface area contributed by atoms with Crippen molar-refractivity contribution in [1.82, 2.24) is 24.1 Å². The van der Waals surface area contributed by atoms with Crippen LogP contribution in [0, 0.1) is 11.6 Å². The normalized spacial score (nSPS) is 14.6. The number of ketones is 1. The Hall–Kier alpha value is -2.63. The number of benzene rings is 1. The van der Waals surface area contributed by atoms with Crippen molar-refractivity contribution >= 4 is 33.8 Å². The summed E-state index contributed by atoms with van der Waals surface area (Å²) in [6, 6.07) is 3.15. The molecular formula is C20H19F2N5O2S2. The minimum Gasteiger partial charge on any atom is -0.382 e. The van der Waals surface area contributed by atoms with E-state index in [9.17, 15) is 18.7 Å². The predicted molar refractivity (Wildman–Crippen MR) is 114 cm³/mol. The molecule has 0 aliphatic rings. The van der Waals surface area contributed by atoms with Crippen molar-refractivity contribution in [3.63, 3.8) is 0 Å². The summed E-state index contributed by atoms with van der Waals surface area (Å²) in [5, 5.41) is 15.1. The number of thioether (sulfide) groups is 1. The van der Waals surface area contributed by atoms with Crippen molar-refractivity contribution < 1.29 is 18.7 Å². The molecule has 1 aromatic carbocycles. The summed E-state index contributed by atoms with van der Waals surface area (Å²) in [5.74, 6) is -1.11. The predicted octanol–water partition coefficient (Wildman–Crippen LogP) is 3.68. The first-order chi connectivity index (χ1) is 14.8. The molecule has 0 aliphatic carbocycles. The highest BCUT2D eigenvalue weighted by molar-refractivity contribution is 7.99. The molecule has 0 amide bonds. The molecule has 31 heavy (non-hydrogen) atoms. The molecule has 3 heterocycles. The van der Waals surface area contributed by atoms with Crippen LogP contribution in [0.2, 0.25) is 0 Å². The summed E-state index contributed by atoms with van der Waals surface area (Å²) in [7, 11) is 0. The Kier molecular flexibility index (Phi) is 5.91. The number of aliphatic hydroxyl groups is 1. The highest BCUT2D eigenvalue weighted by Crippen LogP contribution is 2.38. The van der Waals surface area contributed by atoms with E-state index >= 15 is 0 Å². The SMILES string of the molecule is CC(=O)c1cnc2sc(CS[C@H](C)[C@](O)(Cn3cncn3)c3ccc(F)cc3F)cn12. The number of Topliss-reactive ketones (excluding diaryl/α,β-unsaturated/α-hetero) is 1. The molecule has 162 valence electrons. The molecule has 2 atom stereocenters. The summed E-state index contributed by atoms with van der Waals surface area (Å²) >= 11 is 2.85. The zero-order chi connectivity index (χ0) is 22.2. The molecule has 0 spiro atoms. The highest BCUT2D eigenvalue weighted by Gasteiger charge is 2.39. The van der Waals surface area contributed by atoms with Gasteiger partial charge in [0.1, 0.15) is 35.6 Å². The molecule has 3 aromatic heterocycles. The summed E-state index contributed by atoms with van der Waals surface area (Å²) in [6.45, 7) is 3.22. The standard InChI is InChI=1S/C20H19F2N5O2S2/c1-12(28)18-6-24-19-27(18)7-15(31-19)8-30-13(2)20(29,9-26-11-23-10-25-26)16-4-3-14(21)5-17(16)22/h3-7,10-11,13,29H,8-9H2,1-2H3/t13-,20-/m1/s1. The maximum Gasteiger partial charge on any atom is 0.194 e. The minimum atomic E-state index is -1.67. The van der Waals surface area contributed by atoms with Gasteiger partial charge in [0, 0.05) is 40.6 Å². The summed E-state index contributed by atoms with van der Waals surface area (Å²) in [4.78, 5) is 21.5. The number of carbonyl (C=O) groups excluding carboxylic acids is 1. The lowest BCUT2D eigenvalue weighted by Crippen LogP contribution is -2.41. The quantitative estimate of drug-likeness (QED) is 0.401. The van der Waals surface area contributed by atoms with Crippen LogP contribution in [-0.2, 0) is 17.9 Å². The molecule has 0 saturated heterocycles. The molecule has 0 saturated carbocycles. The van der Waals surface area contributed by atoms with Gasteiger partial charge in [0.25, 0.3) is 0 Å². The molecule has 7 nitrogen and oxygen atoms in total. The van der Waals surface area contributed by atoms with Gasteiger partial charge < -0.3 is 5.11 Å². The Balaban J connectivity index is 1.60. The molecule has 11 heteroatoms. The van der Waals surface area contributed by atoms with Crippen molar-refractivity contribution in [3.8, 4) is 0 Å². The first-order valence-electron chi connectivity index (χ1n) is 9.36. The molecule has 1 N–H and O–H groups in total. The maximum atomic E-state index is 14.6. The van der Waals surface area contributed by atoms with Gasteiger partial charge in [-0.25, -0.2) is 23.4 Å². The lowest BCUT2D eigenvalue weighted by molar-refractivity contribution is 0.0133. The van der Waals surface area contributed by atoms with E-state index in [0.717, 1.165) is 17.0 Å². The number of aromatic nitrogens is 5. The topological polar surface area (TPSA) is 85.3 Å². The van der Waals surface area contributed by atoms with Crippen LogP contribution in [0.15, 0.2) is 43.2 Å². The van der Waals surface area contributed by atoms with Gasteiger partial charge in [0.05, 0.1) is 12.7 Å². The number of hydrogen-bond donors (Lipinski definition) is 1. The number of nitrogens with zero attached hydrogens (tertiary/aromatic N) is 5. The van der Waals surface area contributed by atoms with Gasteiger partial charge in [0.15, 0.2) is 10.7 Å². The van der Waals surface area contributed by atoms with E-state index in [1.54, 1.807) is 17.5 Å². The van der Waals surface area contributed by atoms with Crippen LogP contribution in [0.3, 0.4) is 0 Å². The van der Waals surface area contributed by atoms with Crippen molar-refractivity contribution in [3.05, 3.63) is 71.0 Å². The van der Waals surface area contributed by atoms with Crippen LogP contribution in [-0.4, -0.2) is 40.3 Å². The van der Waals surface area contributed by atoms with E-state index in [2.05, 4.69) is 15.1 Å². The number of fused-ring (bicyclic) bond motifs is 1. The smallest absolute Gasteiger partial charge is 0.194 e. The van der Waals surface area contributed by atoms with Gasteiger partial charge in [-0.15, -0.1) is 23.1 Å². The molecule has 4 aromatic rings. The van der Waals surface area contributed by atoms with Gasteiger partial charge in [-0.05, 0) is 6.07 Å². The second-order valence-corrected chi connectivity index (χ2v) is 9.57. The fraction of sp³-hybridized carbons (Fsp3) is 0.300. The molecule has 0 aliphatic heterocycles. The Labute approximate surface area is 184 Å². The third-order valence-electron chi connectivity index (χ3n) is 5.03. The molecule has 0 radical (unpaired) electrons. The van der Waals surface area contributed by atoms with Crippen molar-refractivity contribution in [2.24, 2.45) is 0 Å². The Bertz CT molecular complexity index is 1220. The van der Waals surface area contributed by atoms with E-state index in [-0.39, 0.29) is 17.9 Å². The molecule has 4 rings (SSSR count). The van der Waals surface area contributed by atoms with E-state index in [0.29, 0.717) is 16.4 Å². The molecule has 0 bridgehead atoms. The zero-order valence-corrected chi connectivity index (χ0v) is 18.3. The first kappa shape index (κ1) is 21.6. The van der Waals surface area contributed by atoms with Gasteiger partial charge in [-0.2, -0.15) is 5.10 Å². The number of hydrogen-bond acceptors (Lipinski definition) is 7. The van der Waals surface area contributed by atoms with Gasteiger partial charge in [-0.1, -0.05) is 13.0 Å². The van der Waals surface area contributed by atoms with E-state index in [4.69, 9.17) is 0 Å². The maximum absolute atomic E-state index is 14.6. The fourth-order valence-corrected chi connectivity index (χ4v) is 5.49. The van der Waals surface area contributed by atoms with Crippen LogP contribution >= 0.6 is 23.1 Å². The van der Waals surface area contributed by atoms with Crippen molar-refractivity contribution in [2.75, 3.05) is 0 Å². The highest BCUT2D eigenvalue weighted by atomic mass is 32.2. The van der Waals surface area contributed by atoms with Gasteiger partial charge in [-0.3, -0.25) is 9.20 Å². The fourth-order valence-electron chi connectivity index (χ4n) is 3.34. The van der Waals surface area contributed by atoms with Gasteiger partial charge in [0.2, 0.25) is 0 Å². The van der Waals surface area contributed by atoms with E-state index in [1.807, 2.05) is 6.20 Å². The van der Waals surface area contributed by atoms with Gasteiger partial charge >= 0.3 is 0 Å². The Morgan fingerprint density at radius 1 is 1.39 bits per heavy atom. The lowest BCUT2D eigenvalue weighted by Gasteiger charge is -2.34. The largest absolute Gasteiger partial charge is 0.382 e. The van der Waals surface area contributed by atoms with E-state index in [1.165, 1.54) is 53.4 Å². The monoisotopic (exact) mass is 463 g/mol. The van der Waals surface area contributed by atoms with Crippen LogP contribution in [0.1, 0.15) is 34.8 Å². The zero-order valence-electron chi connectivity index (χ0n) is 16.7. The van der Waals surface area contributed by atoms with Crippen molar-refractivity contribution in [2.45, 2.75) is 37.0 Å². The average Bonchev–Trinajstić information content (AvgIpc) is 3.42. The number of thiazole rings is 1. The molecule has 0 unspecified atom stereocenters. The van der Waals surface area contributed by atoms with E-state index < -0.39 is 22.5 Å². The lowest BCUT2D eigenvalue weighted by atomic mass is 9.90. The number of rotatable bonds is 8. The second kappa shape index (κ2) is 8.48. The summed E-state index contributed by atoms with van der Waals surface area (Å²) in [6.07, 6.45) is 6.15. The number of halogens is 2.